The predicted molar refractivity (Wildman–Crippen MR) is 154 cm³/mol. The van der Waals surface area contributed by atoms with E-state index in [1.165, 1.54) is 0 Å². The maximum Gasteiger partial charge on any atom is 0.323 e. The third-order valence-corrected chi connectivity index (χ3v) is 7.97. The van der Waals surface area contributed by atoms with Crippen LogP contribution in [0.1, 0.15) is 23.2 Å². The largest absolute Gasteiger partial charge is 0.495 e. The number of aromatic nitrogens is 2. The summed E-state index contributed by atoms with van der Waals surface area (Å²) in [5.41, 5.74) is 3.78. The zero-order chi connectivity index (χ0) is 27.6. The first-order chi connectivity index (χ1) is 19.5. The molecule has 208 valence electrons. The number of para-hydroxylation sites is 1. The molecule has 0 unspecified atom stereocenters. The van der Waals surface area contributed by atoms with E-state index in [1.807, 2.05) is 41.3 Å². The Hall–Kier alpha value is -4.22. The van der Waals surface area contributed by atoms with E-state index in [1.54, 1.807) is 19.4 Å². The van der Waals surface area contributed by atoms with Crippen molar-refractivity contribution in [1.29, 1.82) is 0 Å². The van der Waals surface area contributed by atoms with Crippen LogP contribution >= 0.6 is 0 Å². The summed E-state index contributed by atoms with van der Waals surface area (Å²) in [5.74, 6) is 0.878. The third-order valence-electron chi connectivity index (χ3n) is 7.97. The smallest absolute Gasteiger partial charge is 0.323 e. The molecule has 2 saturated heterocycles. The number of nitrogens with zero attached hydrogens (tertiary/aromatic N) is 5. The van der Waals surface area contributed by atoms with Crippen LogP contribution in [0.2, 0.25) is 0 Å². The van der Waals surface area contributed by atoms with E-state index in [-0.39, 0.29) is 11.9 Å². The maximum atomic E-state index is 13.4. The Morgan fingerprint density at radius 3 is 2.52 bits per heavy atom. The molecule has 3 aromatic rings. The molecule has 3 aliphatic heterocycles. The number of likely N-dealkylation sites (tertiary alicyclic amines) is 1. The van der Waals surface area contributed by atoms with Crippen LogP contribution in [0.25, 0.3) is 11.3 Å². The summed E-state index contributed by atoms with van der Waals surface area (Å²) in [5, 5.41) is 8.82. The molecule has 40 heavy (non-hydrogen) atoms. The van der Waals surface area contributed by atoms with Crippen LogP contribution in [0, 0.1) is 0 Å². The van der Waals surface area contributed by atoms with E-state index in [4.69, 9.17) is 4.74 Å². The highest BCUT2D eigenvalue weighted by Crippen LogP contribution is 2.36. The van der Waals surface area contributed by atoms with E-state index in [0.29, 0.717) is 46.1 Å². The van der Waals surface area contributed by atoms with E-state index in [0.717, 1.165) is 57.7 Å². The second-order valence-electron chi connectivity index (χ2n) is 10.5. The summed E-state index contributed by atoms with van der Waals surface area (Å²) in [7, 11) is 3.75. The van der Waals surface area contributed by atoms with Gasteiger partial charge in [0.1, 0.15) is 11.4 Å². The zero-order valence-electron chi connectivity index (χ0n) is 22.8. The van der Waals surface area contributed by atoms with E-state index in [2.05, 4.69) is 42.8 Å². The summed E-state index contributed by atoms with van der Waals surface area (Å²) in [4.78, 5) is 41.6. The summed E-state index contributed by atoms with van der Waals surface area (Å²) < 4.78 is 5.64. The normalized spacial score (nSPS) is 18.1. The lowest BCUT2D eigenvalue weighted by atomic mass is 10.0. The number of hydrogen-bond donors (Lipinski definition) is 3. The molecule has 2 fully saturated rings. The molecular formula is C29H34N8O3. The first-order valence-electron chi connectivity index (χ1n) is 13.7. The third kappa shape index (κ3) is 5.30. The molecule has 1 aromatic heterocycles. The number of fused-ring (bicyclic) bond motifs is 3. The predicted octanol–water partition coefficient (Wildman–Crippen LogP) is 3.71. The standard InChI is InChI=1S/C29H34N8O3/c1-35-13-15-36(16-14-35)20-9-11-37(12-10-20)27(38)19-7-8-23(25(17-19)40-2)31-28-30-18-24-26(34-28)21-5-3-4-6-22(21)32-29(39)33-24/h3-8,17-18,20H,9-16H2,1-2H3,(H,30,31,34)(H2,32,33,39). The molecule has 0 saturated carbocycles. The fourth-order valence-electron chi connectivity index (χ4n) is 5.67. The van der Waals surface area contributed by atoms with Gasteiger partial charge in [0.05, 0.1) is 30.4 Å². The number of methoxy groups -OCH3 is 1. The van der Waals surface area contributed by atoms with Crippen molar-refractivity contribution < 1.29 is 14.3 Å². The van der Waals surface area contributed by atoms with Gasteiger partial charge in [-0.05, 0) is 44.2 Å². The van der Waals surface area contributed by atoms with Crippen molar-refractivity contribution in [3.05, 3.63) is 54.2 Å². The minimum Gasteiger partial charge on any atom is -0.495 e. The number of carbonyl (C=O) groups excluding carboxylic acids is 2. The van der Waals surface area contributed by atoms with Crippen LogP contribution in [0.5, 0.6) is 5.75 Å². The van der Waals surface area contributed by atoms with Crippen LogP contribution in [-0.4, -0.2) is 96.1 Å². The number of hydrogen-bond acceptors (Lipinski definition) is 8. The highest BCUT2D eigenvalue weighted by molar-refractivity contribution is 6.07. The van der Waals surface area contributed by atoms with E-state index >= 15 is 0 Å². The van der Waals surface area contributed by atoms with Crippen molar-refractivity contribution in [3.63, 3.8) is 0 Å². The number of piperazine rings is 1. The minimum absolute atomic E-state index is 0.0165. The average Bonchev–Trinajstić information content (AvgIpc) is 3.12. The van der Waals surface area contributed by atoms with Gasteiger partial charge in [-0.2, -0.15) is 0 Å². The molecule has 11 heteroatoms. The van der Waals surface area contributed by atoms with E-state index in [9.17, 15) is 9.59 Å². The van der Waals surface area contributed by atoms with Gasteiger partial charge in [0, 0.05) is 56.4 Å². The summed E-state index contributed by atoms with van der Waals surface area (Å²) in [6, 6.07) is 13.1. The highest BCUT2D eigenvalue weighted by atomic mass is 16.5. The SMILES string of the molecule is COc1cc(C(=O)N2CCC(N3CCN(C)CC3)CC2)ccc1Nc1ncc2c(n1)-c1ccccc1NC(=O)N2. The highest BCUT2D eigenvalue weighted by Gasteiger charge is 2.29. The zero-order valence-corrected chi connectivity index (χ0v) is 22.8. The summed E-state index contributed by atoms with van der Waals surface area (Å²) in [6.45, 7) is 5.94. The molecule has 2 aromatic carbocycles. The van der Waals surface area contributed by atoms with Crippen LogP contribution in [0.3, 0.4) is 0 Å². The Bertz CT molecular complexity index is 1410. The summed E-state index contributed by atoms with van der Waals surface area (Å²) >= 11 is 0. The first-order valence-corrected chi connectivity index (χ1v) is 13.7. The van der Waals surface area contributed by atoms with Crippen LogP contribution in [0.15, 0.2) is 48.7 Å². The molecule has 0 aliphatic carbocycles. The quantitative estimate of drug-likeness (QED) is 0.447. The van der Waals surface area contributed by atoms with Gasteiger partial charge >= 0.3 is 6.03 Å². The van der Waals surface area contributed by atoms with Crippen molar-refractivity contribution in [3.8, 4) is 17.0 Å². The molecule has 0 atom stereocenters. The maximum absolute atomic E-state index is 13.4. The molecule has 4 heterocycles. The van der Waals surface area contributed by atoms with Crippen molar-refractivity contribution >= 4 is 34.9 Å². The Balaban J connectivity index is 1.16. The van der Waals surface area contributed by atoms with Gasteiger partial charge in [0.15, 0.2) is 0 Å². The van der Waals surface area contributed by atoms with Gasteiger partial charge in [-0.15, -0.1) is 0 Å². The van der Waals surface area contributed by atoms with Gasteiger partial charge in [-0.1, -0.05) is 18.2 Å². The van der Waals surface area contributed by atoms with E-state index < -0.39 is 0 Å². The molecule has 3 N–H and O–H groups in total. The van der Waals surface area contributed by atoms with Crippen molar-refractivity contribution in [2.24, 2.45) is 0 Å². The Labute approximate surface area is 233 Å². The van der Waals surface area contributed by atoms with Gasteiger partial charge < -0.3 is 30.5 Å². The number of rotatable bonds is 5. The van der Waals surface area contributed by atoms with Crippen molar-refractivity contribution in [2.75, 3.05) is 69.4 Å². The average molecular weight is 543 g/mol. The van der Waals surface area contributed by atoms with Gasteiger partial charge in [-0.3, -0.25) is 9.69 Å². The Kier molecular flexibility index (Phi) is 7.23. The number of ether oxygens (including phenoxy) is 1. The lowest BCUT2D eigenvalue weighted by molar-refractivity contribution is 0.0518. The lowest BCUT2D eigenvalue weighted by Gasteiger charge is -2.42. The number of likely N-dealkylation sites (N-methyl/N-ethyl adjacent to an activating group) is 1. The number of anilines is 4. The number of nitrogens with one attached hydrogen (secondary N) is 3. The number of piperidine rings is 1. The number of amides is 3. The summed E-state index contributed by atoms with van der Waals surface area (Å²) in [6.07, 6.45) is 3.57. The van der Waals surface area contributed by atoms with Crippen molar-refractivity contribution in [2.45, 2.75) is 18.9 Å². The number of urea groups is 1. The van der Waals surface area contributed by atoms with Gasteiger partial charge in [0.2, 0.25) is 5.95 Å². The van der Waals surface area contributed by atoms with Gasteiger partial charge in [-0.25, -0.2) is 14.8 Å². The molecule has 11 nitrogen and oxygen atoms in total. The second-order valence-corrected chi connectivity index (χ2v) is 10.5. The lowest BCUT2D eigenvalue weighted by Crippen LogP contribution is -2.52. The minimum atomic E-state index is -0.346. The first kappa shape index (κ1) is 26.0. The fraction of sp³-hybridized carbons (Fsp3) is 0.379. The molecule has 6 rings (SSSR count). The number of carbonyl (C=O) groups is 2. The second kappa shape index (κ2) is 11.1. The fourth-order valence-corrected chi connectivity index (χ4v) is 5.67. The van der Waals surface area contributed by atoms with Gasteiger partial charge in [0.25, 0.3) is 5.91 Å². The number of benzene rings is 2. The van der Waals surface area contributed by atoms with Crippen LogP contribution < -0.4 is 20.7 Å². The molecule has 3 aliphatic rings. The molecule has 3 amide bonds. The molecule has 0 bridgehead atoms. The van der Waals surface area contributed by atoms with Crippen molar-refractivity contribution in [1.82, 2.24) is 24.7 Å². The Morgan fingerprint density at radius 1 is 1.00 bits per heavy atom. The Morgan fingerprint density at radius 2 is 1.75 bits per heavy atom. The molecule has 0 radical (unpaired) electrons. The monoisotopic (exact) mass is 542 g/mol. The van der Waals surface area contributed by atoms with Crippen LogP contribution in [0.4, 0.5) is 27.8 Å². The topological polar surface area (TPSA) is 115 Å². The molecular weight excluding hydrogens is 508 g/mol. The van der Waals surface area contributed by atoms with Crippen LogP contribution in [-0.2, 0) is 0 Å². The molecule has 0 spiro atoms.